The Morgan fingerprint density at radius 3 is 2.28 bits per heavy atom. The summed E-state index contributed by atoms with van der Waals surface area (Å²) in [4.78, 5) is 24.3. The van der Waals surface area contributed by atoms with Crippen molar-refractivity contribution in [3.05, 3.63) is 0 Å². The number of nitrogens with one attached hydrogen (secondary N) is 1. The minimum atomic E-state index is -1.04. The number of carboxylic acids is 1. The van der Waals surface area contributed by atoms with Crippen molar-refractivity contribution in [2.45, 2.75) is 39.7 Å². The Hall–Kier alpha value is -1.30. The number of carboxylic acid groups (broad SMARTS) is 1. The van der Waals surface area contributed by atoms with Crippen LogP contribution in [0.25, 0.3) is 0 Å². The number of rotatable bonds is 8. The Kier molecular flexibility index (Phi) is 8.11. The Balaban J connectivity index is 4.50. The van der Waals surface area contributed by atoms with E-state index in [2.05, 4.69) is 5.32 Å². The SMILES string of the molecule is CCCCN(CCO)C(=O)N[C@@H](C(=O)O)C(C)C. The average molecular weight is 260 g/mol. The molecule has 0 fully saturated rings. The van der Waals surface area contributed by atoms with Crippen LogP contribution >= 0.6 is 0 Å². The average Bonchev–Trinajstić information content (AvgIpc) is 2.30. The molecular weight excluding hydrogens is 236 g/mol. The van der Waals surface area contributed by atoms with Crippen LogP contribution in [0.15, 0.2) is 0 Å². The number of aliphatic hydroxyl groups excluding tert-OH is 1. The standard InChI is InChI=1S/C12H24N2O4/c1-4-5-6-14(7-8-15)12(18)13-10(9(2)3)11(16)17/h9-10,15H,4-8H2,1-3H3,(H,13,18)(H,16,17)/t10-/m1/s1. The fraction of sp³-hybridized carbons (Fsp3) is 0.833. The zero-order valence-corrected chi connectivity index (χ0v) is 11.3. The maximum absolute atomic E-state index is 11.9. The molecule has 0 aliphatic carbocycles. The van der Waals surface area contributed by atoms with Crippen LogP contribution in [0.4, 0.5) is 4.79 Å². The minimum absolute atomic E-state index is 0.128. The first-order valence-electron chi connectivity index (χ1n) is 6.33. The highest BCUT2D eigenvalue weighted by atomic mass is 16.4. The van der Waals surface area contributed by atoms with E-state index >= 15 is 0 Å². The van der Waals surface area contributed by atoms with Gasteiger partial charge in [0.2, 0.25) is 0 Å². The fourth-order valence-corrected chi connectivity index (χ4v) is 1.52. The van der Waals surface area contributed by atoms with Crippen LogP contribution < -0.4 is 5.32 Å². The molecule has 18 heavy (non-hydrogen) atoms. The maximum Gasteiger partial charge on any atom is 0.326 e. The molecule has 0 bridgehead atoms. The number of hydrogen-bond donors (Lipinski definition) is 3. The highest BCUT2D eigenvalue weighted by molar-refractivity contribution is 5.82. The lowest BCUT2D eigenvalue weighted by molar-refractivity contribution is -0.140. The predicted molar refractivity (Wildman–Crippen MR) is 68.4 cm³/mol. The number of carbonyl (C=O) groups excluding carboxylic acids is 1. The third-order valence-corrected chi connectivity index (χ3v) is 2.65. The molecule has 0 aliphatic rings. The van der Waals surface area contributed by atoms with Crippen LogP contribution in [0.1, 0.15) is 33.6 Å². The number of hydrogen-bond acceptors (Lipinski definition) is 3. The monoisotopic (exact) mass is 260 g/mol. The summed E-state index contributed by atoms with van der Waals surface area (Å²) in [5.74, 6) is -1.23. The molecule has 0 saturated heterocycles. The summed E-state index contributed by atoms with van der Waals surface area (Å²) in [6.45, 7) is 6.09. The summed E-state index contributed by atoms with van der Waals surface area (Å²) in [6, 6.07) is -1.33. The van der Waals surface area contributed by atoms with Gasteiger partial charge in [-0.25, -0.2) is 9.59 Å². The van der Waals surface area contributed by atoms with Gasteiger partial charge in [0, 0.05) is 13.1 Å². The highest BCUT2D eigenvalue weighted by Gasteiger charge is 2.25. The van der Waals surface area contributed by atoms with E-state index in [1.54, 1.807) is 13.8 Å². The second-order valence-electron chi connectivity index (χ2n) is 4.57. The first kappa shape index (κ1) is 16.7. The summed E-state index contributed by atoms with van der Waals surface area (Å²) in [7, 11) is 0. The zero-order chi connectivity index (χ0) is 14.1. The number of aliphatic carboxylic acids is 1. The lowest BCUT2D eigenvalue weighted by Gasteiger charge is -2.25. The molecule has 0 spiro atoms. The van der Waals surface area contributed by atoms with Crippen molar-refractivity contribution < 1.29 is 19.8 Å². The molecule has 0 aromatic rings. The molecule has 0 rings (SSSR count). The van der Waals surface area contributed by atoms with Crippen molar-refractivity contribution in [2.75, 3.05) is 19.7 Å². The van der Waals surface area contributed by atoms with Crippen molar-refractivity contribution in [1.82, 2.24) is 10.2 Å². The van der Waals surface area contributed by atoms with E-state index in [-0.39, 0.29) is 19.1 Å². The molecule has 6 heteroatoms. The third kappa shape index (κ3) is 5.86. The second kappa shape index (κ2) is 8.74. The largest absolute Gasteiger partial charge is 0.480 e. The normalized spacial score (nSPS) is 12.3. The molecule has 106 valence electrons. The van der Waals surface area contributed by atoms with Gasteiger partial charge in [0.15, 0.2) is 0 Å². The fourth-order valence-electron chi connectivity index (χ4n) is 1.52. The Bertz CT molecular complexity index is 269. The van der Waals surface area contributed by atoms with E-state index in [0.29, 0.717) is 6.54 Å². The molecule has 3 N–H and O–H groups in total. The van der Waals surface area contributed by atoms with Crippen LogP contribution in [-0.4, -0.2) is 52.9 Å². The molecule has 0 saturated carbocycles. The second-order valence-corrected chi connectivity index (χ2v) is 4.57. The van der Waals surface area contributed by atoms with Gasteiger partial charge in [-0.05, 0) is 12.3 Å². The first-order valence-corrected chi connectivity index (χ1v) is 6.33. The lowest BCUT2D eigenvalue weighted by atomic mass is 10.1. The van der Waals surface area contributed by atoms with Crippen molar-refractivity contribution in [3.8, 4) is 0 Å². The number of urea groups is 1. The van der Waals surface area contributed by atoms with E-state index in [1.807, 2.05) is 6.92 Å². The van der Waals surface area contributed by atoms with E-state index < -0.39 is 18.0 Å². The van der Waals surface area contributed by atoms with Crippen LogP contribution in [0.2, 0.25) is 0 Å². The summed E-state index contributed by atoms with van der Waals surface area (Å²) >= 11 is 0. The van der Waals surface area contributed by atoms with Crippen molar-refractivity contribution in [2.24, 2.45) is 5.92 Å². The molecule has 1 atom stereocenters. The Morgan fingerprint density at radius 1 is 1.28 bits per heavy atom. The van der Waals surface area contributed by atoms with Gasteiger partial charge in [0.25, 0.3) is 0 Å². The molecule has 0 radical (unpaired) electrons. The minimum Gasteiger partial charge on any atom is -0.480 e. The Morgan fingerprint density at radius 2 is 1.89 bits per heavy atom. The van der Waals surface area contributed by atoms with E-state index in [1.165, 1.54) is 4.90 Å². The Labute approximate surface area is 108 Å². The molecular formula is C12H24N2O4. The highest BCUT2D eigenvalue weighted by Crippen LogP contribution is 2.04. The van der Waals surface area contributed by atoms with Crippen molar-refractivity contribution >= 4 is 12.0 Å². The first-order chi connectivity index (χ1) is 8.43. The van der Waals surface area contributed by atoms with Gasteiger partial charge < -0.3 is 20.4 Å². The molecule has 2 amide bonds. The molecule has 0 aliphatic heterocycles. The van der Waals surface area contributed by atoms with Gasteiger partial charge in [-0.3, -0.25) is 0 Å². The van der Waals surface area contributed by atoms with Crippen molar-refractivity contribution in [3.63, 3.8) is 0 Å². The zero-order valence-electron chi connectivity index (χ0n) is 11.3. The number of unbranched alkanes of at least 4 members (excludes halogenated alkanes) is 1. The van der Waals surface area contributed by atoms with E-state index in [0.717, 1.165) is 12.8 Å². The molecule has 0 unspecified atom stereocenters. The molecule has 0 aromatic carbocycles. The third-order valence-electron chi connectivity index (χ3n) is 2.65. The van der Waals surface area contributed by atoms with Gasteiger partial charge in [-0.2, -0.15) is 0 Å². The smallest absolute Gasteiger partial charge is 0.326 e. The predicted octanol–water partition coefficient (Wildman–Crippen LogP) is 0.900. The lowest BCUT2D eigenvalue weighted by Crippen LogP contribution is -2.51. The van der Waals surface area contributed by atoms with Gasteiger partial charge in [0.1, 0.15) is 6.04 Å². The van der Waals surface area contributed by atoms with Crippen molar-refractivity contribution in [1.29, 1.82) is 0 Å². The van der Waals surface area contributed by atoms with Crippen LogP contribution in [0, 0.1) is 5.92 Å². The number of carbonyl (C=O) groups is 2. The van der Waals surface area contributed by atoms with Crippen LogP contribution in [0.5, 0.6) is 0 Å². The van der Waals surface area contributed by atoms with Crippen LogP contribution in [0.3, 0.4) is 0 Å². The molecule has 0 aromatic heterocycles. The summed E-state index contributed by atoms with van der Waals surface area (Å²) in [5, 5.41) is 20.4. The summed E-state index contributed by atoms with van der Waals surface area (Å²) < 4.78 is 0. The van der Waals surface area contributed by atoms with E-state index in [4.69, 9.17) is 10.2 Å². The molecule has 6 nitrogen and oxygen atoms in total. The summed E-state index contributed by atoms with van der Waals surface area (Å²) in [5.41, 5.74) is 0. The topological polar surface area (TPSA) is 89.9 Å². The summed E-state index contributed by atoms with van der Waals surface area (Å²) in [6.07, 6.45) is 1.76. The van der Waals surface area contributed by atoms with Crippen LogP contribution in [-0.2, 0) is 4.79 Å². The van der Waals surface area contributed by atoms with Gasteiger partial charge >= 0.3 is 12.0 Å². The number of amides is 2. The van der Waals surface area contributed by atoms with Gasteiger partial charge in [0.05, 0.1) is 6.61 Å². The van der Waals surface area contributed by atoms with Gasteiger partial charge in [-0.1, -0.05) is 27.2 Å². The van der Waals surface area contributed by atoms with E-state index in [9.17, 15) is 9.59 Å². The van der Waals surface area contributed by atoms with Gasteiger partial charge in [-0.15, -0.1) is 0 Å². The maximum atomic E-state index is 11.9. The molecule has 0 heterocycles. The number of nitrogens with zero attached hydrogens (tertiary/aromatic N) is 1. The quantitative estimate of drug-likeness (QED) is 0.605. The number of aliphatic hydroxyl groups is 1.